The normalized spacial score (nSPS) is 13.3. The molecule has 9 heteroatoms. The minimum absolute atomic E-state index is 0.141. The van der Waals surface area contributed by atoms with E-state index in [1.165, 1.54) is 154 Å². The smallest absolute Gasteiger partial charge is 0.306 e. The standard InChI is InChI=1S/C70H123NO8/c1-6-8-10-12-14-16-18-20-22-24-26-28-30-32-34-36-38-40-42-44-46-48-50-52-54-56-58-60-67(72)77-64-66(65-78-70(69(74)75)76-63-62-71(3,4)5)79-68(73)61-59-57-55-53-51-49-47-45-43-41-39-37-35-33-31-29-27-25-23-21-19-17-15-13-11-9-7-2/h9,11,15,17,21,23,27,29,33,35,39,41,45,47,66,70H,6-8,10,12-14,16,18-20,22,24-26,28,30-32,34,36-38,40,42-44,46,48-65H2,1-5H3/b11-9-,17-15-,23-21-,29-27-,35-33-,41-39-,47-45-. The molecule has 0 aliphatic carbocycles. The summed E-state index contributed by atoms with van der Waals surface area (Å²) < 4.78 is 22.7. The van der Waals surface area contributed by atoms with Crippen molar-refractivity contribution in [3.63, 3.8) is 0 Å². The summed E-state index contributed by atoms with van der Waals surface area (Å²) in [5, 5.41) is 11.8. The van der Waals surface area contributed by atoms with Crippen LogP contribution in [0.3, 0.4) is 0 Å². The second-order valence-corrected chi connectivity index (χ2v) is 23.0. The van der Waals surface area contributed by atoms with Gasteiger partial charge in [0.05, 0.1) is 40.3 Å². The van der Waals surface area contributed by atoms with E-state index in [1.807, 2.05) is 21.1 Å². The molecule has 2 unspecified atom stereocenters. The van der Waals surface area contributed by atoms with Crippen LogP contribution < -0.4 is 5.11 Å². The van der Waals surface area contributed by atoms with Crippen LogP contribution in [0.5, 0.6) is 0 Å². The highest BCUT2D eigenvalue weighted by atomic mass is 16.7. The first kappa shape index (κ1) is 75.5. The van der Waals surface area contributed by atoms with Crippen LogP contribution in [0.2, 0.25) is 0 Å². The molecule has 2 atom stereocenters. The van der Waals surface area contributed by atoms with E-state index < -0.39 is 24.3 Å². The molecule has 0 radical (unpaired) electrons. The van der Waals surface area contributed by atoms with Crippen molar-refractivity contribution >= 4 is 17.9 Å². The number of quaternary nitrogens is 1. The van der Waals surface area contributed by atoms with Gasteiger partial charge in [-0.2, -0.15) is 0 Å². The van der Waals surface area contributed by atoms with Gasteiger partial charge in [-0.15, -0.1) is 0 Å². The second kappa shape index (κ2) is 60.6. The van der Waals surface area contributed by atoms with Crippen molar-refractivity contribution in [2.75, 3.05) is 47.5 Å². The summed E-state index contributed by atoms with van der Waals surface area (Å²) in [6.45, 7) is 4.64. The molecule has 0 N–H and O–H groups in total. The Balaban J connectivity index is 4.21. The third kappa shape index (κ3) is 61.9. The summed E-state index contributed by atoms with van der Waals surface area (Å²) >= 11 is 0. The van der Waals surface area contributed by atoms with Gasteiger partial charge in [-0.3, -0.25) is 9.59 Å². The van der Waals surface area contributed by atoms with E-state index in [0.29, 0.717) is 17.4 Å². The predicted molar refractivity (Wildman–Crippen MR) is 334 cm³/mol. The maximum atomic E-state index is 12.9. The molecule has 0 aliphatic heterocycles. The molecule has 0 aromatic heterocycles. The van der Waals surface area contributed by atoms with E-state index in [0.717, 1.165) is 96.3 Å². The van der Waals surface area contributed by atoms with E-state index in [9.17, 15) is 19.5 Å². The molecule has 0 heterocycles. The molecular formula is C70H123NO8. The van der Waals surface area contributed by atoms with Gasteiger partial charge in [0.25, 0.3) is 0 Å². The van der Waals surface area contributed by atoms with E-state index in [-0.39, 0.29) is 38.6 Å². The number of carboxylic acids is 1. The van der Waals surface area contributed by atoms with Crippen molar-refractivity contribution in [1.82, 2.24) is 0 Å². The van der Waals surface area contributed by atoms with Gasteiger partial charge < -0.3 is 33.3 Å². The zero-order valence-electron chi connectivity index (χ0n) is 52.0. The summed E-state index contributed by atoms with van der Waals surface area (Å²) in [6.07, 6.45) is 77.9. The van der Waals surface area contributed by atoms with Crippen LogP contribution in [0.25, 0.3) is 0 Å². The number of rotatable bonds is 60. The maximum absolute atomic E-state index is 12.9. The zero-order valence-corrected chi connectivity index (χ0v) is 52.0. The molecule has 0 rings (SSSR count). The number of hydrogen-bond acceptors (Lipinski definition) is 8. The largest absolute Gasteiger partial charge is 0.545 e. The molecule has 0 aromatic carbocycles. The fourth-order valence-electron chi connectivity index (χ4n) is 9.17. The van der Waals surface area contributed by atoms with Gasteiger partial charge in [0.15, 0.2) is 12.4 Å². The van der Waals surface area contributed by atoms with E-state index >= 15 is 0 Å². The van der Waals surface area contributed by atoms with Crippen molar-refractivity contribution in [3.8, 4) is 0 Å². The molecule has 79 heavy (non-hydrogen) atoms. The number of hydrogen-bond donors (Lipinski definition) is 0. The lowest BCUT2D eigenvalue weighted by Gasteiger charge is -2.26. The number of allylic oxidation sites excluding steroid dienone is 14. The van der Waals surface area contributed by atoms with Crippen molar-refractivity contribution in [2.24, 2.45) is 0 Å². The number of unbranched alkanes of at least 4 members (excludes halogenated alkanes) is 31. The monoisotopic (exact) mass is 1110 g/mol. The van der Waals surface area contributed by atoms with Crippen LogP contribution in [0, 0.1) is 0 Å². The topological polar surface area (TPSA) is 111 Å². The Morgan fingerprint density at radius 1 is 0.392 bits per heavy atom. The van der Waals surface area contributed by atoms with Gasteiger partial charge >= 0.3 is 11.9 Å². The average molecular weight is 1110 g/mol. The first-order valence-electron chi connectivity index (χ1n) is 32.7. The van der Waals surface area contributed by atoms with Gasteiger partial charge in [-0.05, 0) is 70.6 Å². The predicted octanol–water partition coefficient (Wildman–Crippen LogP) is 18.6. The lowest BCUT2D eigenvalue weighted by Crippen LogP contribution is -2.44. The van der Waals surface area contributed by atoms with Gasteiger partial charge in [-0.25, -0.2) is 0 Å². The summed E-state index contributed by atoms with van der Waals surface area (Å²) in [6, 6.07) is 0. The van der Waals surface area contributed by atoms with Crippen molar-refractivity contribution < 1.29 is 42.9 Å². The minimum atomic E-state index is -1.63. The number of ether oxygens (including phenoxy) is 4. The molecule has 0 spiro atoms. The van der Waals surface area contributed by atoms with Gasteiger partial charge in [0, 0.05) is 12.8 Å². The molecule has 9 nitrogen and oxygen atoms in total. The van der Waals surface area contributed by atoms with E-state index in [1.54, 1.807) is 0 Å². The van der Waals surface area contributed by atoms with Crippen molar-refractivity contribution in [2.45, 2.75) is 296 Å². The van der Waals surface area contributed by atoms with Crippen LogP contribution >= 0.6 is 0 Å². The summed E-state index contributed by atoms with van der Waals surface area (Å²) in [5.41, 5.74) is 0. The van der Waals surface area contributed by atoms with Crippen LogP contribution in [-0.4, -0.2) is 82.3 Å². The van der Waals surface area contributed by atoms with Crippen molar-refractivity contribution in [3.05, 3.63) is 85.1 Å². The average Bonchev–Trinajstić information content (AvgIpc) is 3.42. The Hall–Kier alpha value is -3.53. The molecule has 0 amide bonds. The van der Waals surface area contributed by atoms with Crippen LogP contribution in [0.4, 0.5) is 0 Å². The summed E-state index contributed by atoms with van der Waals surface area (Å²) in [5.74, 6) is -2.30. The molecule has 456 valence electrons. The van der Waals surface area contributed by atoms with Crippen LogP contribution in [0.1, 0.15) is 284 Å². The summed E-state index contributed by atoms with van der Waals surface area (Å²) in [7, 11) is 5.92. The lowest BCUT2D eigenvalue weighted by molar-refractivity contribution is -0.870. The minimum Gasteiger partial charge on any atom is -0.545 e. The Morgan fingerprint density at radius 3 is 1.08 bits per heavy atom. The fraction of sp³-hybridized carbons (Fsp3) is 0.757. The molecule has 0 bridgehead atoms. The molecule has 0 aliphatic rings. The molecular weight excluding hydrogens is 983 g/mol. The molecule has 0 saturated carbocycles. The van der Waals surface area contributed by atoms with Crippen LogP contribution in [0.15, 0.2) is 85.1 Å². The van der Waals surface area contributed by atoms with Gasteiger partial charge in [0.1, 0.15) is 13.2 Å². The Labute approximate surface area is 487 Å². The second-order valence-electron chi connectivity index (χ2n) is 23.0. The van der Waals surface area contributed by atoms with Gasteiger partial charge in [-0.1, -0.05) is 285 Å². The Kier molecular flexibility index (Phi) is 57.9. The van der Waals surface area contributed by atoms with Crippen LogP contribution in [-0.2, 0) is 33.3 Å². The Morgan fingerprint density at radius 2 is 0.722 bits per heavy atom. The number of carbonyl (C=O) groups is 3. The first-order valence-corrected chi connectivity index (χ1v) is 32.7. The zero-order chi connectivity index (χ0) is 57.6. The highest BCUT2D eigenvalue weighted by Crippen LogP contribution is 2.17. The highest BCUT2D eigenvalue weighted by molar-refractivity contribution is 5.70. The summed E-state index contributed by atoms with van der Waals surface area (Å²) in [4.78, 5) is 37.4. The number of esters is 2. The number of carboxylic acid groups (broad SMARTS) is 1. The SMILES string of the molecule is CC/C=C\C/C=C\C/C=C\C/C=C\C/C=C\C/C=C\C/C=C\CCCCCCCC(=O)OC(COC(=O)CCCCCCCCCCCCCCCCCCCCCCCCCCCCC)COC(OCC[N+](C)(C)C)C(=O)[O-]. The molecule has 0 saturated heterocycles. The third-order valence-corrected chi connectivity index (χ3v) is 14.2. The van der Waals surface area contributed by atoms with Gasteiger partial charge in [0.2, 0.25) is 0 Å². The fourth-order valence-corrected chi connectivity index (χ4v) is 9.17. The number of carbonyl (C=O) groups excluding carboxylic acids is 3. The van der Waals surface area contributed by atoms with Crippen molar-refractivity contribution in [1.29, 1.82) is 0 Å². The lowest BCUT2D eigenvalue weighted by atomic mass is 10.0. The Bertz CT molecular complexity index is 1570. The number of nitrogens with zero attached hydrogens (tertiary/aromatic N) is 1. The quantitative estimate of drug-likeness (QED) is 0.0195. The number of aliphatic carboxylic acids is 1. The molecule has 0 aromatic rings. The van der Waals surface area contributed by atoms with E-state index in [4.69, 9.17) is 18.9 Å². The highest BCUT2D eigenvalue weighted by Gasteiger charge is 2.22. The maximum Gasteiger partial charge on any atom is 0.306 e. The van der Waals surface area contributed by atoms with E-state index in [2.05, 4.69) is 98.9 Å². The third-order valence-electron chi connectivity index (χ3n) is 14.2. The number of likely N-dealkylation sites (N-methyl/N-ethyl adjacent to an activating group) is 1. The molecule has 0 fully saturated rings. The first-order chi connectivity index (χ1) is 38.6.